The molecule has 3 rings (SSSR count). The Morgan fingerprint density at radius 2 is 1.13 bits per heavy atom. The molecule has 1 aliphatic heterocycles. The van der Waals surface area contributed by atoms with Gasteiger partial charge in [-0.25, -0.2) is 0 Å². The molecule has 1 aliphatic rings. The van der Waals surface area contributed by atoms with Gasteiger partial charge in [0.15, 0.2) is 18.9 Å². The van der Waals surface area contributed by atoms with Gasteiger partial charge in [-0.2, -0.15) is 0 Å². The molecule has 45 heavy (non-hydrogen) atoms. The molecule has 0 aromatic heterocycles. The molecule has 0 saturated heterocycles. The smallest absolute Gasteiger partial charge is 0.196 e. The fourth-order valence-electron chi connectivity index (χ4n) is 5.98. The van der Waals surface area contributed by atoms with Gasteiger partial charge in [0.05, 0.1) is 19.8 Å². The molecule has 0 amide bonds. The average Bonchev–Trinajstić information content (AvgIpc) is 3.00. The summed E-state index contributed by atoms with van der Waals surface area (Å²) in [6.45, 7) is 23.2. The molecule has 0 fully saturated rings. The van der Waals surface area contributed by atoms with Crippen molar-refractivity contribution in [3.63, 3.8) is 0 Å². The highest BCUT2D eigenvalue weighted by Crippen LogP contribution is 2.56. The van der Waals surface area contributed by atoms with Gasteiger partial charge in [-0.05, 0) is 65.5 Å². The summed E-state index contributed by atoms with van der Waals surface area (Å²) in [5, 5.41) is 0. The number of hydrogen-bond acceptors (Lipinski definition) is 7. The Kier molecular flexibility index (Phi) is 14.3. The summed E-state index contributed by atoms with van der Waals surface area (Å²) in [4.78, 5) is 0. The normalized spacial score (nSPS) is 23.0. The van der Waals surface area contributed by atoms with Crippen LogP contribution in [0, 0.1) is 5.92 Å². The van der Waals surface area contributed by atoms with Crippen molar-refractivity contribution in [3.8, 4) is 23.0 Å². The predicted molar refractivity (Wildman–Crippen MR) is 181 cm³/mol. The van der Waals surface area contributed by atoms with Crippen molar-refractivity contribution < 1.29 is 33.2 Å². The van der Waals surface area contributed by atoms with Gasteiger partial charge in [0.2, 0.25) is 0 Å². The number of unbranched alkanes of at least 4 members (excludes halogenated alkanes) is 3. The third-order valence-electron chi connectivity index (χ3n) is 9.30. The summed E-state index contributed by atoms with van der Waals surface area (Å²) in [6.07, 6.45) is 5.90. The number of fused-ring (bicyclic) bond motifs is 1. The first kappa shape index (κ1) is 37.0. The van der Waals surface area contributed by atoms with Crippen LogP contribution >= 0.6 is 0 Å². The van der Waals surface area contributed by atoms with Crippen LogP contribution in [-0.4, -0.2) is 44.3 Å². The van der Waals surface area contributed by atoms with Crippen molar-refractivity contribution in [2.75, 3.05) is 19.8 Å². The minimum Gasteiger partial charge on any atom is -0.487 e. The molecule has 6 atom stereocenters. The number of rotatable bonds is 20. The summed E-state index contributed by atoms with van der Waals surface area (Å²) >= 11 is 0. The molecule has 0 aliphatic carbocycles. The van der Waals surface area contributed by atoms with E-state index in [-0.39, 0.29) is 18.5 Å². The van der Waals surface area contributed by atoms with Crippen LogP contribution in [0.4, 0.5) is 0 Å². The quantitative estimate of drug-likeness (QED) is 0.107. The van der Waals surface area contributed by atoms with Crippen molar-refractivity contribution in [2.45, 2.75) is 144 Å². The van der Waals surface area contributed by atoms with E-state index >= 15 is 0 Å². The maximum absolute atomic E-state index is 6.80. The van der Waals surface area contributed by atoms with Gasteiger partial charge in [0.25, 0.3) is 0 Å². The molecule has 0 saturated carbocycles. The maximum Gasteiger partial charge on any atom is 0.196 e. The fourth-order valence-corrected chi connectivity index (χ4v) is 5.98. The van der Waals surface area contributed by atoms with Gasteiger partial charge < -0.3 is 33.2 Å². The second-order valence-electron chi connectivity index (χ2n) is 12.7. The summed E-state index contributed by atoms with van der Waals surface area (Å²) in [7, 11) is 0. The predicted octanol–water partition coefficient (Wildman–Crippen LogP) is 9.81. The molecule has 0 bridgehead atoms. The van der Waals surface area contributed by atoms with E-state index in [1.54, 1.807) is 0 Å². The number of ether oxygens (including phenoxy) is 7. The standard InChI is InChI=1S/C38H60O7/c1-11-15-22-39-28(6)42-31-18-20-33(35(25-31)44-30(8)41-24-17-13-3)38(10)27(5)37(9,14-4)45-36-26-32(19-21-34(36)38)43-29(7)40-23-16-12-2/h18-21,25-30H,11-17,22-24H2,1-10H3. The second-order valence-corrected chi connectivity index (χ2v) is 12.7. The molecule has 7 heteroatoms. The van der Waals surface area contributed by atoms with Crippen molar-refractivity contribution >= 4 is 0 Å². The lowest BCUT2D eigenvalue weighted by Crippen LogP contribution is -2.53. The van der Waals surface area contributed by atoms with Crippen LogP contribution in [0.25, 0.3) is 0 Å². The first-order chi connectivity index (χ1) is 21.5. The van der Waals surface area contributed by atoms with E-state index in [2.05, 4.69) is 60.6 Å². The molecule has 2 aromatic rings. The zero-order valence-corrected chi connectivity index (χ0v) is 29.7. The summed E-state index contributed by atoms with van der Waals surface area (Å²) in [5.41, 5.74) is 1.26. The summed E-state index contributed by atoms with van der Waals surface area (Å²) < 4.78 is 43.6. The lowest BCUT2D eigenvalue weighted by Gasteiger charge is -2.51. The summed E-state index contributed by atoms with van der Waals surface area (Å²) in [5.74, 6) is 3.07. The van der Waals surface area contributed by atoms with Crippen LogP contribution in [0.15, 0.2) is 36.4 Å². The molecule has 7 nitrogen and oxygen atoms in total. The van der Waals surface area contributed by atoms with Crippen molar-refractivity contribution in [1.82, 2.24) is 0 Å². The first-order valence-corrected chi connectivity index (χ1v) is 17.3. The van der Waals surface area contributed by atoms with Crippen molar-refractivity contribution in [3.05, 3.63) is 47.5 Å². The molecular weight excluding hydrogens is 568 g/mol. The van der Waals surface area contributed by atoms with E-state index in [0.29, 0.717) is 25.6 Å². The Labute approximate surface area is 273 Å². The van der Waals surface area contributed by atoms with Crippen LogP contribution in [0.1, 0.15) is 125 Å². The monoisotopic (exact) mass is 628 g/mol. The van der Waals surface area contributed by atoms with Crippen LogP contribution < -0.4 is 18.9 Å². The molecule has 0 radical (unpaired) electrons. The molecule has 2 aromatic carbocycles. The zero-order valence-electron chi connectivity index (χ0n) is 29.7. The number of hydrogen-bond donors (Lipinski definition) is 0. The first-order valence-electron chi connectivity index (χ1n) is 17.3. The van der Waals surface area contributed by atoms with Crippen LogP contribution in [0.5, 0.6) is 23.0 Å². The van der Waals surface area contributed by atoms with Gasteiger partial charge in [-0.15, -0.1) is 0 Å². The Bertz CT molecular complexity index is 1170. The minimum absolute atomic E-state index is 0.104. The van der Waals surface area contributed by atoms with E-state index in [1.165, 1.54) is 0 Å². The molecular formula is C38H60O7. The maximum atomic E-state index is 6.80. The van der Waals surface area contributed by atoms with Gasteiger partial charge >= 0.3 is 0 Å². The third-order valence-corrected chi connectivity index (χ3v) is 9.30. The van der Waals surface area contributed by atoms with E-state index in [1.807, 2.05) is 45.0 Å². The molecule has 254 valence electrons. The lowest BCUT2D eigenvalue weighted by molar-refractivity contribution is -0.0722. The van der Waals surface area contributed by atoms with Crippen molar-refractivity contribution in [2.24, 2.45) is 5.92 Å². The molecule has 0 N–H and O–H groups in total. The van der Waals surface area contributed by atoms with Crippen LogP contribution in [0.3, 0.4) is 0 Å². The Morgan fingerprint density at radius 3 is 1.62 bits per heavy atom. The number of benzene rings is 2. The largest absolute Gasteiger partial charge is 0.487 e. The topological polar surface area (TPSA) is 64.6 Å². The van der Waals surface area contributed by atoms with Crippen LogP contribution in [0.2, 0.25) is 0 Å². The third kappa shape index (κ3) is 9.52. The Hall–Kier alpha value is -2.48. The molecule has 6 unspecified atom stereocenters. The highest BCUT2D eigenvalue weighted by Gasteiger charge is 2.52. The SMILES string of the molecule is CCCCOC(C)Oc1ccc(C2(C)c3ccc(OC(C)OCCCC)cc3OC(C)(CC)C2C)c(OC(C)OCCCC)c1. The van der Waals surface area contributed by atoms with Gasteiger partial charge in [0, 0.05) is 34.6 Å². The van der Waals surface area contributed by atoms with E-state index < -0.39 is 17.3 Å². The highest BCUT2D eigenvalue weighted by molar-refractivity contribution is 5.57. The van der Waals surface area contributed by atoms with E-state index in [4.69, 9.17) is 33.2 Å². The Balaban J connectivity index is 2.05. The average molecular weight is 629 g/mol. The lowest BCUT2D eigenvalue weighted by atomic mass is 9.60. The minimum atomic E-state index is -0.458. The molecule has 1 heterocycles. The Morgan fingerprint density at radius 1 is 0.667 bits per heavy atom. The summed E-state index contributed by atoms with van der Waals surface area (Å²) in [6, 6.07) is 12.3. The zero-order chi connectivity index (χ0) is 33.0. The van der Waals surface area contributed by atoms with Crippen LogP contribution in [-0.2, 0) is 19.6 Å². The van der Waals surface area contributed by atoms with E-state index in [0.717, 1.165) is 73.3 Å². The van der Waals surface area contributed by atoms with Crippen molar-refractivity contribution in [1.29, 1.82) is 0 Å². The van der Waals surface area contributed by atoms with Gasteiger partial charge in [-0.1, -0.05) is 72.9 Å². The fraction of sp³-hybridized carbons (Fsp3) is 0.684. The van der Waals surface area contributed by atoms with Gasteiger partial charge in [0.1, 0.15) is 28.6 Å². The molecule has 0 spiro atoms. The second kappa shape index (κ2) is 17.4. The highest BCUT2D eigenvalue weighted by atomic mass is 16.7. The van der Waals surface area contributed by atoms with E-state index in [9.17, 15) is 0 Å². The van der Waals surface area contributed by atoms with Gasteiger partial charge in [-0.3, -0.25) is 0 Å².